The molecule has 0 unspecified atom stereocenters. The third kappa shape index (κ3) is 3.48. The van der Waals surface area contributed by atoms with E-state index in [1.54, 1.807) is 31.3 Å². The SMILES string of the molecule is Cc1ccccc1F.Cn1ncc2cc(F)c(C3CCCC3)cc21. The fourth-order valence-corrected chi connectivity index (χ4v) is 3.29. The zero-order valence-corrected chi connectivity index (χ0v) is 14.1. The van der Waals surface area contributed by atoms with Gasteiger partial charge < -0.3 is 0 Å². The molecule has 0 radical (unpaired) electrons. The van der Waals surface area contributed by atoms with E-state index in [1.807, 2.05) is 23.9 Å². The standard InChI is InChI=1S/C13H15FN2.C7H7F/c1-16-13-7-11(9-4-2-3-5-9)12(14)6-10(13)8-15-16;1-6-4-2-3-5-7(6)8/h6-9H,2-5H2,1H3;2-5H,1H3. The fraction of sp³-hybridized carbons (Fsp3) is 0.350. The summed E-state index contributed by atoms with van der Waals surface area (Å²) in [6.07, 6.45) is 6.43. The van der Waals surface area contributed by atoms with E-state index in [0.29, 0.717) is 11.5 Å². The lowest BCUT2D eigenvalue weighted by Crippen LogP contribution is -1.98. The van der Waals surface area contributed by atoms with Gasteiger partial charge in [-0.05, 0) is 55.0 Å². The maximum Gasteiger partial charge on any atom is 0.127 e. The molecule has 24 heavy (non-hydrogen) atoms. The molecule has 1 saturated carbocycles. The van der Waals surface area contributed by atoms with Crippen LogP contribution in [-0.2, 0) is 7.05 Å². The highest BCUT2D eigenvalue weighted by molar-refractivity contribution is 5.79. The predicted octanol–water partition coefficient (Wildman–Crippen LogP) is 5.50. The highest BCUT2D eigenvalue weighted by Gasteiger charge is 2.21. The molecule has 1 aliphatic rings. The van der Waals surface area contributed by atoms with Crippen LogP contribution in [0.15, 0.2) is 42.6 Å². The van der Waals surface area contributed by atoms with Crippen LogP contribution in [-0.4, -0.2) is 9.78 Å². The maximum absolute atomic E-state index is 13.9. The fourth-order valence-electron chi connectivity index (χ4n) is 3.29. The van der Waals surface area contributed by atoms with E-state index < -0.39 is 0 Å². The minimum atomic E-state index is -0.132. The van der Waals surface area contributed by atoms with Crippen LogP contribution in [0.25, 0.3) is 10.9 Å². The first-order valence-electron chi connectivity index (χ1n) is 8.38. The van der Waals surface area contributed by atoms with Crippen LogP contribution >= 0.6 is 0 Å². The molecular weight excluding hydrogens is 306 g/mol. The molecule has 0 bridgehead atoms. The number of hydrogen-bond acceptors (Lipinski definition) is 1. The monoisotopic (exact) mass is 328 g/mol. The molecule has 1 fully saturated rings. The van der Waals surface area contributed by atoms with Crippen molar-refractivity contribution in [2.75, 3.05) is 0 Å². The first kappa shape index (κ1) is 16.6. The van der Waals surface area contributed by atoms with Crippen molar-refractivity contribution < 1.29 is 8.78 Å². The van der Waals surface area contributed by atoms with Crippen LogP contribution in [0.5, 0.6) is 0 Å². The summed E-state index contributed by atoms with van der Waals surface area (Å²) in [7, 11) is 1.90. The molecule has 4 rings (SSSR count). The molecule has 1 heterocycles. The molecule has 3 aromatic rings. The topological polar surface area (TPSA) is 17.8 Å². The number of nitrogens with zero attached hydrogens (tertiary/aromatic N) is 2. The molecule has 0 aliphatic heterocycles. The lowest BCUT2D eigenvalue weighted by molar-refractivity contribution is 0.582. The second kappa shape index (κ2) is 7.12. The molecular formula is C20H22F2N2. The van der Waals surface area contributed by atoms with E-state index in [9.17, 15) is 8.78 Å². The summed E-state index contributed by atoms with van der Waals surface area (Å²) in [5.41, 5.74) is 2.62. The maximum atomic E-state index is 13.9. The van der Waals surface area contributed by atoms with Gasteiger partial charge in [0.2, 0.25) is 0 Å². The van der Waals surface area contributed by atoms with Gasteiger partial charge in [-0.1, -0.05) is 31.0 Å². The number of fused-ring (bicyclic) bond motifs is 1. The lowest BCUT2D eigenvalue weighted by Gasteiger charge is -2.11. The van der Waals surface area contributed by atoms with Crippen molar-refractivity contribution >= 4 is 10.9 Å². The van der Waals surface area contributed by atoms with Gasteiger partial charge in [-0.15, -0.1) is 0 Å². The van der Waals surface area contributed by atoms with Crippen molar-refractivity contribution in [2.24, 2.45) is 7.05 Å². The van der Waals surface area contributed by atoms with Crippen molar-refractivity contribution in [2.45, 2.75) is 38.5 Å². The zero-order chi connectivity index (χ0) is 17.1. The van der Waals surface area contributed by atoms with Gasteiger partial charge in [0.1, 0.15) is 11.6 Å². The molecule has 2 aromatic carbocycles. The Labute approximate surface area is 141 Å². The largest absolute Gasteiger partial charge is 0.268 e. The molecule has 1 aliphatic carbocycles. The van der Waals surface area contributed by atoms with Crippen molar-refractivity contribution in [1.82, 2.24) is 9.78 Å². The molecule has 126 valence electrons. The number of aryl methyl sites for hydroxylation is 2. The Bertz CT molecular complexity index is 812. The van der Waals surface area contributed by atoms with Gasteiger partial charge in [0.25, 0.3) is 0 Å². The van der Waals surface area contributed by atoms with E-state index >= 15 is 0 Å². The second-order valence-electron chi connectivity index (χ2n) is 6.43. The van der Waals surface area contributed by atoms with Crippen LogP contribution in [0, 0.1) is 18.6 Å². The van der Waals surface area contributed by atoms with Gasteiger partial charge >= 0.3 is 0 Å². The highest BCUT2D eigenvalue weighted by atomic mass is 19.1. The summed E-state index contributed by atoms with van der Waals surface area (Å²) < 4.78 is 28.1. The Balaban J connectivity index is 0.000000179. The average molecular weight is 328 g/mol. The average Bonchev–Trinajstić information content (AvgIpc) is 3.21. The zero-order valence-electron chi connectivity index (χ0n) is 14.1. The van der Waals surface area contributed by atoms with Gasteiger partial charge in [0, 0.05) is 12.4 Å². The molecule has 0 atom stereocenters. The molecule has 4 heteroatoms. The number of halogens is 2. The van der Waals surface area contributed by atoms with E-state index in [-0.39, 0.29) is 11.6 Å². The summed E-state index contributed by atoms with van der Waals surface area (Å²) in [5.74, 6) is 0.221. The Morgan fingerprint density at radius 3 is 2.38 bits per heavy atom. The Morgan fingerprint density at radius 2 is 1.75 bits per heavy atom. The van der Waals surface area contributed by atoms with E-state index in [0.717, 1.165) is 29.3 Å². The molecule has 0 spiro atoms. The second-order valence-corrected chi connectivity index (χ2v) is 6.43. The Hall–Kier alpha value is -2.23. The molecule has 1 aromatic heterocycles. The first-order valence-corrected chi connectivity index (χ1v) is 8.38. The van der Waals surface area contributed by atoms with Gasteiger partial charge in [0.05, 0.1) is 11.7 Å². The Morgan fingerprint density at radius 1 is 1.04 bits per heavy atom. The summed E-state index contributed by atoms with van der Waals surface area (Å²) in [4.78, 5) is 0. The van der Waals surface area contributed by atoms with E-state index in [1.165, 1.54) is 18.9 Å². The molecule has 0 N–H and O–H groups in total. The van der Waals surface area contributed by atoms with Crippen molar-refractivity contribution in [3.63, 3.8) is 0 Å². The van der Waals surface area contributed by atoms with Gasteiger partial charge in [0.15, 0.2) is 0 Å². The van der Waals surface area contributed by atoms with Crippen LogP contribution in [0.4, 0.5) is 8.78 Å². The normalized spacial score (nSPS) is 14.7. The van der Waals surface area contributed by atoms with Gasteiger partial charge in [-0.3, -0.25) is 4.68 Å². The number of rotatable bonds is 1. The first-order chi connectivity index (χ1) is 11.6. The van der Waals surface area contributed by atoms with Crippen molar-refractivity contribution in [3.05, 3.63) is 65.4 Å². The summed E-state index contributed by atoms with van der Waals surface area (Å²) in [6, 6.07) is 10.3. The van der Waals surface area contributed by atoms with Crippen molar-refractivity contribution in [3.8, 4) is 0 Å². The predicted molar refractivity (Wildman–Crippen MR) is 93.0 cm³/mol. The van der Waals surface area contributed by atoms with E-state index in [4.69, 9.17) is 0 Å². The summed E-state index contributed by atoms with van der Waals surface area (Å²) in [5, 5.41) is 5.05. The number of hydrogen-bond donors (Lipinski definition) is 0. The van der Waals surface area contributed by atoms with E-state index in [2.05, 4.69) is 5.10 Å². The van der Waals surface area contributed by atoms with Crippen molar-refractivity contribution in [1.29, 1.82) is 0 Å². The van der Waals surface area contributed by atoms with Crippen LogP contribution < -0.4 is 0 Å². The highest BCUT2D eigenvalue weighted by Crippen LogP contribution is 2.36. The van der Waals surface area contributed by atoms with Crippen LogP contribution in [0.2, 0.25) is 0 Å². The molecule has 2 nitrogen and oxygen atoms in total. The third-order valence-electron chi connectivity index (χ3n) is 4.74. The third-order valence-corrected chi connectivity index (χ3v) is 4.74. The Kier molecular flexibility index (Phi) is 4.93. The number of benzene rings is 2. The minimum Gasteiger partial charge on any atom is -0.268 e. The molecule has 0 amide bonds. The van der Waals surface area contributed by atoms with Gasteiger partial charge in [-0.25, -0.2) is 8.78 Å². The smallest absolute Gasteiger partial charge is 0.127 e. The van der Waals surface area contributed by atoms with Crippen LogP contribution in [0.3, 0.4) is 0 Å². The summed E-state index contributed by atoms with van der Waals surface area (Å²) >= 11 is 0. The minimum absolute atomic E-state index is 0.0626. The van der Waals surface area contributed by atoms with Gasteiger partial charge in [-0.2, -0.15) is 5.10 Å². The van der Waals surface area contributed by atoms with Crippen LogP contribution in [0.1, 0.15) is 42.7 Å². The number of aromatic nitrogens is 2. The quantitative estimate of drug-likeness (QED) is 0.576. The molecule has 0 saturated heterocycles. The lowest BCUT2D eigenvalue weighted by atomic mass is 9.96. The summed E-state index contributed by atoms with van der Waals surface area (Å²) in [6.45, 7) is 1.75.